The van der Waals surface area contributed by atoms with Crippen LogP contribution in [0.3, 0.4) is 0 Å². The molecular weight excluding hydrogens is 296 g/mol. The van der Waals surface area contributed by atoms with Crippen molar-refractivity contribution in [2.45, 2.75) is 19.3 Å². The summed E-state index contributed by atoms with van der Waals surface area (Å²) in [5.74, 6) is 0.0793. The van der Waals surface area contributed by atoms with Crippen molar-refractivity contribution in [3.05, 3.63) is 23.8 Å². The zero-order chi connectivity index (χ0) is 16.4. The molecule has 2 aliphatic rings. The molecule has 6 heteroatoms. The lowest BCUT2D eigenvalue weighted by molar-refractivity contribution is -0.118. The first kappa shape index (κ1) is 15.8. The van der Waals surface area contributed by atoms with Crippen molar-refractivity contribution in [1.82, 2.24) is 5.32 Å². The number of carbonyl (C=O) groups excluding carboxylic acids is 2. The van der Waals surface area contributed by atoms with Gasteiger partial charge >= 0.3 is 5.97 Å². The molecule has 1 saturated carbocycles. The minimum atomic E-state index is -0.494. The van der Waals surface area contributed by atoms with E-state index in [4.69, 9.17) is 9.47 Å². The van der Waals surface area contributed by atoms with E-state index >= 15 is 0 Å². The van der Waals surface area contributed by atoms with Crippen LogP contribution < -0.4 is 15.4 Å². The molecule has 0 aromatic heterocycles. The molecule has 3 rings (SSSR count). The number of benzene rings is 1. The first-order valence-corrected chi connectivity index (χ1v) is 7.87. The zero-order valence-corrected chi connectivity index (χ0v) is 13.5. The third kappa shape index (κ3) is 3.03. The molecule has 1 saturated heterocycles. The monoisotopic (exact) mass is 318 g/mol. The van der Waals surface area contributed by atoms with Crippen LogP contribution in [0.1, 0.15) is 29.6 Å². The quantitative estimate of drug-likeness (QED) is 0.828. The maximum absolute atomic E-state index is 12.6. The molecule has 1 heterocycles. The molecule has 2 N–H and O–H groups in total. The number of hydrogen-bond acceptors (Lipinski definition) is 5. The highest BCUT2D eigenvalue weighted by Gasteiger charge is 2.57. The summed E-state index contributed by atoms with van der Waals surface area (Å²) in [6, 6.07) is 4.98. The van der Waals surface area contributed by atoms with Crippen LogP contribution >= 0.6 is 0 Å². The molecule has 1 aromatic carbocycles. The molecule has 0 bridgehead atoms. The summed E-state index contributed by atoms with van der Waals surface area (Å²) in [4.78, 5) is 24.5. The fourth-order valence-corrected chi connectivity index (χ4v) is 3.45. The predicted molar refractivity (Wildman–Crippen MR) is 85.6 cm³/mol. The number of esters is 1. The van der Waals surface area contributed by atoms with Crippen LogP contribution in [0.5, 0.6) is 5.75 Å². The molecule has 1 unspecified atom stereocenters. The molecule has 1 atom stereocenters. The van der Waals surface area contributed by atoms with E-state index in [-0.39, 0.29) is 17.2 Å². The van der Waals surface area contributed by atoms with Gasteiger partial charge in [0.2, 0.25) is 5.91 Å². The number of piperidine rings is 1. The normalized spacial score (nSPS) is 21.6. The van der Waals surface area contributed by atoms with Gasteiger partial charge in [-0.1, -0.05) is 0 Å². The smallest absolute Gasteiger partial charge is 0.340 e. The molecule has 1 amide bonds. The molecule has 1 aromatic rings. The van der Waals surface area contributed by atoms with E-state index in [1.807, 2.05) is 0 Å². The maximum atomic E-state index is 12.6. The Kier molecular flexibility index (Phi) is 4.26. The summed E-state index contributed by atoms with van der Waals surface area (Å²) in [5.41, 5.74) is 0.937. The van der Waals surface area contributed by atoms with Crippen LogP contribution in [0.15, 0.2) is 18.2 Å². The molecule has 1 aliphatic carbocycles. The lowest BCUT2D eigenvalue weighted by Crippen LogP contribution is -2.31. The Hall–Kier alpha value is -2.08. The summed E-state index contributed by atoms with van der Waals surface area (Å²) in [6.07, 6.45) is 3.01. The van der Waals surface area contributed by atoms with Crippen LogP contribution in [-0.4, -0.2) is 39.2 Å². The van der Waals surface area contributed by atoms with Gasteiger partial charge in [-0.15, -0.1) is 0 Å². The second-order valence-corrected chi connectivity index (χ2v) is 6.26. The SMILES string of the molecule is COC(=O)c1cc(OC)ccc1NC(=O)C1CC12CCNCC2. The van der Waals surface area contributed by atoms with Crippen molar-refractivity contribution in [3.63, 3.8) is 0 Å². The molecule has 124 valence electrons. The Morgan fingerprint density at radius 2 is 2.00 bits per heavy atom. The van der Waals surface area contributed by atoms with E-state index in [1.54, 1.807) is 18.2 Å². The van der Waals surface area contributed by atoms with Crippen LogP contribution in [0.25, 0.3) is 0 Å². The number of nitrogens with one attached hydrogen (secondary N) is 2. The molecule has 0 radical (unpaired) electrons. The number of anilines is 1. The van der Waals surface area contributed by atoms with E-state index in [0.717, 1.165) is 32.4 Å². The summed E-state index contributed by atoms with van der Waals surface area (Å²) in [5, 5.41) is 6.22. The number of carbonyl (C=O) groups is 2. The van der Waals surface area contributed by atoms with Gasteiger partial charge in [0.05, 0.1) is 25.5 Å². The van der Waals surface area contributed by atoms with Crippen molar-refractivity contribution >= 4 is 17.6 Å². The highest BCUT2D eigenvalue weighted by Crippen LogP contribution is 2.58. The minimum absolute atomic E-state index is 0.0118. The van der Waals surface area contributed by atoms with E-state index in [9.17, 15) is 9.59 Å². The molecule has 23 heavy (non-hydrogen) atoms. The molecule has 6 nitrogen and oxygen atoms in total. The lowest BCUT2D eigenvalue weighted by atomic mass is 9.91. The van der Waals surface area contributed by atoms with E-state index in [1.165, 1.54) is 14.2 Å². The first-order chi connectivity index (χ1) is 11.1. The fourth-order valence-electron chi connectivity index (χ4n) is 3.45. The number of hydrogen-bond donors (Lipinski definition) is 2. The summed E-state index contributed by atoms with van der Waals surface area (Å²) < 4.78 is 9.92. The van der Waals surface area contributed by atoms with Gasteiger partial charge in [0.25, 0.3) is 0 Å². The topological polar surface area (TPSA) is 76.7 Å². The second-order valence-electron chi connectivity index (χ2n) is 6.26. The Balaban J connectivity index is 1.75. The highest BCUT2D eigenvalue weighted by molar-refractivity contribution is 6.03. The third-order valence-electron chi connectivity index (χ3n) is 5.00. The van der Waals surface area contributed by atoms with Gasteiger partial charge in [0.15, 0.2) is 0 Å². The number of amides is 1. The Morgan fingerprint density at radius 3 is 2.65 bits per heavy atom. The fraction of sp³-hybridized carbons (Fsp3) is 0.529. The second kappa shape index (κ2) is 6.20. The van der Waals surface area contributed by atoms with Gasteiger partial charge in [0.1, 0.15) is 5.75 Å². The van der Waals surface area contributed by atoms with Crippen LogP contribution in [0.4, 0.5) is 5.69 Å². The lowest BCUT2D eigenvalue weighted by Gasteiger charge is -2.23. The highest BCUT2D eigenvalue weighted by atomic mass is 16.5. The molecular formula is C17H22N2O4. The third-order valence-corrected chi connectivity index (χ3v) is 5.00. The minimum Gasteiger partial charge on any atom is -0.497 e. The van der Waals surface area contributed by atoms with Gasteiger partial charge in [-0.3, -0.25) is 4.79 Å². The van der Waals surface area contributed by atoms with E-state index in [2.05, 4.69) is 10.6 Å². The summed E-state index contributed by atoms with van der Waals surface area (Å²) >= 11 is 0. The number of methoxy groups -OCH3 is 2. The van der Waals surface area contributed by atoms with Gasteiger partial charge in [0, 0.05) is 5.92 Å². The van der Waals surface area contributed by atoms with Crippen molar-refractivity contribution in [2.75, 3.05) is 32.6 Å². The summed E-state index contributed by atoms with van der Waals surface area (Å²) in [6.45, 7) is 1.94. The number of ether oxygens (including phenoxy) is 2. The largest absolute Gasteiger partial charge is 0.497 e. The van der Waals surface area contributed by atoms with Gasteiger partial charge < -0.3 is 20.1 Å². The number of rotatable bonds is 4. The molecule has 2 fully saturated rings. The Morgan fingerprint density at radius 1 is 1.26 bits per heavy atom. The van der Waals surface area contributed by atoms with Crippen LogP contribution in [-0.2, 0) is 9.53 Å². The van der Waals surface area contributed by atoms with Crippen LogP contribution in [0.2, 0.25) is 0 Å². The van der Waals surface area contributed by atoms with Crippen molar-refractivity contribution in [2.24, 2.45) is 11.3 Å². The van der Waals surface area contributed by atoms with Crippen molar-refractivity contribution < 1.29 is 19.1 Å². The van der Waals surface area contributed by atoms with E-state index in [0.29, 0.717) is 17.0 Å². The van der Waals surface area contributed by atoms with Crippen molar-refractivity contribution in [3.8, 4) is 5.75 Å². The zero-order valence-electron chi connectivity index (χ0n) is 13.5. The maximum Gasteiger partial charge on any atom is 0.340 e. The van der Waals surface area contributed by atoms with E-state index < -0.39 is 5.97 Å². The van der Waals surface area contributed by atoms with Crippen LogP contribution in [0, 0.1) is 11.3 Å². The van der Waals surface area contributed by atoms with Gasteiger partial charge in [-0.05, 0) is 56.0 Å². The predicted octanol–water partition coefficient (Wildman–Crippen LogP) is 1.81. The Labute approximate surface area is 135 Å². The van der Waals surface area contributed by atoms with Crippen molar-refractivity contribution in [1.29, 1.82) is 0 Å². The standard InChI is InChI=1S/C17H22N2O4/c1-22-11-3-4-14(12(9-11)16(21)23-2)19-15(20)13-10-17(13)5-7-18-8-6-17/h3-4,9,13,18H,5-8,10H2,1-2H3,(H,19,20). The Bertz CT molecular complexity index is 623. The average molecular weight is 318 g/mol. The molecule has 1 spiro atoms. The average Bonchev–Trinajstić information content (AvgIpc) is 3.28. The van der Waals surface area contributed by atoms with Gasteiger partial charge in [-0.2, -0.15) is 0 Å². The van der Waals surface area contributed by atoms with Gasteiger partial charge in [-0.25, -0.2) is 4.79 Å². The molecule has 1 aliphatic heterocycles. The first-order valence-electron chi connectivity index (χ1n) is 7.87. The summed E-state index contributed by atoms with van der Waals surface area (Å²) in [7, 11) is 2.85.